The van der Waals surface area contributed by atoms with Crippen molar-refractivity contribution in [2.24, 2.45) is 5.73 Å². The summed E-state index contributed by atoms with van der Waals surface area (Å²) in [5.41, 5.74) is 8.04. The minimum atomic E-state index is 0.156. The Morgan fingerprint density at radius 3 is 3.00 bits per heavy atom. The maximum absolute atomic E-state index is 12.1. The molecule has 1 atom stereocenters. The molecule has 0 saturated carbocycles. The lowest BCUT2D eigenvalue weighted by atomic mass is 10.1. The molecule has 1 fully saturated rings. The number of benzene rings is 1. The number of hydrogen-bond donors (Lipinski definition) is 1. The van der Waals surface area contributed by atoms with E-state index in [1.807, 2.05) is 24.0 Å². The first-order valence-corrected chi connectivity index (χ1v) is 7.32. The van der Waals surface area contributed by atoms with Crippen LogP contribution < -0.4 is 10.5 Å². The van der Waals surface area contributed by atoms with Gasteiger partial charge in [0.2, 0.25) is 5.91 Å². The van der Waals surface area contributed by atoms with E-state index in [2.05, 4.69) is 13.0 Å². The van der Waals surface area contributed by atoms with Crippen molar-refractivity contribution in [2.45, 2.75) is 39.2 Å². The van der Waals surface area contributed by atoms with Crippen molar-refractivity contribution in [1.82, 2.24) is 4.90 Å². The molecule has 0 bridgehead atoms. The minimum absolute atomic E-state index is 0.156. The molecule has 1 saturated heterocycles. The van der Waals surface area contributed by atoms with Crippen LogP contribution in [0.25, 0.3) is 0 Å². The zero-order valence-electron chi connectivity index (χ0n) is 12.4. The van der Waals surface area contributed by atoms with Crippen LogP contribution in [0.5, 0.6) is 5.75 Å². The highest BCUT2D eigenvalue weighted by Gasteiger charge is 2.27. The molecule has 1 aromatic carbocycles. The number of ether oxygens (including phenoxy) is 1. The monoisotopic (exact) mass is 276 g/mol. The summed E-state index contributed by atoms with van der Waals surface area (Å²) >= 11 is 0. The van der Waals surface area contributed by atoms with E-state index in [1.165, 1.54) is 5.56 Å². The third-order valence-electron chi connectivity index (χ3n) is 4.10. The van der Waals surface area contributed by atoms with Gasteiger partial charge in [0.25, 0.3) is 0 Å². The summed E-state index contributed by atoms with van der Waals surface area (Å²) in [6.45, 7) is 5.92. The van der Waals surface area contributed by atoms with Gasteiger partial charge in [-0.3, -0.25) is 4.79 Å². The summed E-state index contributed by atoms with van der Waals surface area (Å²) in [5.74, 6) is 1.03. The fourth-order valence-corrected chi connectivity index (χ4v) is 2.68. The molecular formula is C16H24N2O2. The van der Waals surface area contributed by atoms with Gasteiger partial charge in [0.15, 0.2) is 0 Å². The fourth-order valence-electron chi connectivity index (χ4n) is 2.68. The van der Waals surface area contributed by atoms with Crippen LogP contribution in [0.4, 0.5) is 0 Å². The molecule has 0 aliphatic carbocycles. The predicted molar refractivity (Wildman–Crippen MR) is 79.8 cm³/mol. The van der Waals surface area contributed by atoms with E-state index in [0.29, 0.717) is 19.6 Å². The number of carbonyl (C=O) groups excluding carboxylic acids is 1. The molecular weight excluding hydrogens is 252 g/mol. The lowest BCUT2D eigenvalue weighted by Gasteiger charge is -2.23. The molecule has 2 N–H and O–H groups in total. The Morgan fingerprint density at radius 1 is 1.45 bits per heavy atom. The van der Waals surface area contributed by atoms with Gasteiger partial charge in [-0.15, -0.1) is 0 Å². The zero-order valence-corrected chi connectivity index (χ0v) is 12.4. The second-order valence-corrected chi connectivity index (χ2v) is 5.42. The standard InChI is InChI=1S/C16H24N2O2/c1-12-5-3-7-15(13(12)2)20-10-8-16(19)18-9-4-6-14(18)11-17/h3,5,7,14H,4,6,8-11,17H2,1-2H3/t14-/m1/s1. The number of nitrogens with zero attached hydrogens (tertiary/aromatic N) is 1. The zero-order chi connectivity index (χ0) is 14.5. The molecule has 0 radical (unpaired) electrons. The van der Waals surface area contributed by atoms with Crippen molar-refractivity contribution in [3.8, 4) is 5.75 Å². The van der Waals surface area contributed by atoms with Gasteiger partial charge in [-0.1, -0.05) is 12.1 Å². The van der Waals surface area contributed by atoms with E-state index >= 15 is 0 Å². The lowest BCUT2D eigenvalue weighted by molar-refractivity contribution is -0.132. The van der Waals surface area contributed by atoms with Crippen LogP contribution in [0.2, 0.25) is 0 Å². The van der Waals surface area contributed by atoms with E-state index in [9.17, 15) is 4.79 Å². The van der Waals surface area contributed by atoms with Crippen molar-refractivity contribution in [3.63, 3.8) is 0 Å². The molecule has 0 spiro atoms. The van der Waals surface area contributed by atoms with E-state index < -0.39 is 0 Å². The second-order valence-electron chi connectivity index (χ2n) is 5.42. The molecule has 2 rings (SSSR count). The van der Waals surface area contributed by atoms with Gasteiger partial charge in [0.05, 0.1) is 13.0 Å². The molecule has 1 aliphatic rings. The number of hydrogen-bond acceptors (Lipinski definition) is 3. The Labute approximate surface area is 120 Å². The van der Waals surface area contributed by atoms with Gasteiger partial charge in [-0.05, 0) is 43.9 Å². The first-order valence-electron chi connectivity index (χ1n) is 7.32. The molecule has 110 valence electrons. The van der Waals surface area contributed by atoms with Gasteiger partial charge in [0, 0.05) is 19.1 Å². The summed E-state index contributed by atoms with van der Waals surface area (Å²) in [6, 6.07) is 6.21. The maximum atomic E-state index is 12.1. The molecule has 1 heterocycles. The minimum Gasteiger partial charge on any atom is -0.493 e. The number of likely N-dealkylation sites (tertiary alicyclic amines) is 1. The highest BCUT2D eigenvalue weighted by atomic mass is 16.5. The van der Waals surface area contributed by atoms with Gasteiger partial charge in [-0.25, -0.2) is 0 Å². The normalized spacial score (nSPS) is 18.4. The third-order valence-corrected chi connectivity index (χ3v) is 4.10. The smallest absolute Gasteiger partial charge is 0.226 e. The van der Waals surface area contributed by atoms with Crippen LogP contribution in [0.3, 0.4) is 0 Å². The maximum Gasteiger partial charge on any atom is 0.226 e. The number of carbonyl (C=O) groups is 1. The van der Waals surface area contributed by atoms with Crippen molar-refractivity contribution in [3.05, 3.63) is 29.3 Å². The van der Waals surface area contributed by atoms with Crippen LogP contribution in [-0.2, 0) is 4.79 Å². The number of aryl methyl sites for hydroxylation is 1. The Balaban J connectivity index is 1.84. The van der Waals surface area contributed by atoms with Crippen LogP contribution >= 0.6 is 0 Å². The summed E-state index contributed by atoms with van der Waals surface area (Å²) in [7, 11) is 0. The van der Waals surface area contributed by atoms with E-state index in [-0.39, 0.29) is 11.9 Å². The van der Waals surface area contributed by atoms with Crippen LogP contribution in [0.1, 0.15) is 30.4 Å². The first-order chi connectivity index (χ1) is 9.63. The largest absolute Gasteiger partial charge is 0.493 e. The number of amides is 1. The average molecular weight is 276 g/mol. The number of rotatable bonds is 5. The SMILES string of the molecule is Cc1cccc(OCCC(=O)N2CCC[C@@H]2CN)c1C. The van der Waals surface area contributed by atoms with Crippen LogP contribution in [0.15, 0.2) is 18.2 Å². The summed E-state index contributed by atoms with van der Waals surface area (Å²) in [6.07, 6.45) is 2.51. The van der Waals surface area contributed by atoms with Crippen molar-refractivity contribution in [1.29, 1.82) is 0 Å². The molecule has 1 amide bonds. The van der Waals surface area contributed by atoms with Gasteiger partial charge >= 0.3 is 0 Å². The summed E-state index contributed by atoms with van der Waals surface area (Å²) < 4.78 is 5.74. The van der Waals surface area contributed by atoms with Crippen LogP contribution in [0, 0.1) is 13.8 Å². The highest BCUT2D eigenvalue weighted by Crippen LogP contribution is 2.21. The topological polar surface area (TPSA) is 55.6 Å². The quantitative estimate of drug-likeness (QED) is 0.895. The van der Waals surface area contributed by atoms with Crippen LogP contribution in [-0.4, -0.2) is 36.5 Å². The van der Waals surface area contributed by atoms with E-state index in [4.69, 9.17) is 10.5 Å². The number of nitrogens with two attached hydrogens (primary N) is 1. The second kappa shape index (κ2) is 6.75. The molecule has 4 heteroatoms. The summed E-state index contributed by atoms with van der Waals surface area (Å²) in [4.78, 5) is 14.1. The van der Waals surface area contributed by atoms with Gasteiger partial charge in [0.1, 0.15) is 5.75 Å². The Bertz CT molecular complexity index is 474. The Morgan fingerprint density at radius 2 is 2.25 bits per heavy atom. The predicted octanol–water partition coefficient (Wildman–Crippen LogP) is 2.02. The van der Waals surface area contributed by atoms with Crippen molar-refractivity contribution < 1.29 is 9.53 Å². The Hall–Kier alpha value is -1.55. The fraction of sp³-hybridized carbons (Fsp3) is 0.562. The molecule has 0 unspecified atom stereocenters. The molecule has 1 aliphatic heterocycles. The first kappa shape index (κ1) is 14.9. The highest BCUT2D eigenvalue weighted by molar-refractivity contribution is 5.77. The molecule has 4 nitrogen and oxygen atoms in total. The molecule has 20 heavy (non-hydrogen) atoms. The average Bonchev–Trinajstić information content (AvgIpc) is 2.92. The lowest BCUT2D eigenvalue weighted by Crippen LogP contribution is -2.40. The Kier molecular flexibility index (Phi) is 5.01. The van der Waals surface area contributed by atoms with Gasteiger partial charge < -0.3 is 15.4 Å². The third kappa shape index (κ3) is 3.31. The van der Waals surface area contributed by atoms with Crippen molar-refractivity contribution in [2.75, 3.05) is 19.7 Å². The van der Waals surface area contributed by atoms with Gasteiger partial charge in [-0.2, -0.15) is 0 Å². The molecule has 1 aromatic rings. The summed E-state index contributed by atoms with van der Waals surface area (Å²) in [5, 5.41) is 0. The van der Waals surface area contributed by atoms with E-state index in [1.54, 1.807) is 0 Å². The molecule has 0 aromatic heterocycles. The van der Waals surface area contributed by atoms with Crippen molar-refractivity contribution >= 4 is 5.91 Å². The van der Waals surface area contributed by atoms with E-state index in [0.717, 1.165) is 30.7 Å².